The van der Waals surface area contributed by atoms with Gasteiger partial charge in [0.1, 0.15) is 5.82 Å². The monoisotopic (exact) mass is 371 g/mol. The average molecular weight is 371 g/mol. The number of pyridine rings is 2. The van der Waals surface area contributed by atoms with Gasteiger partial charge in [0.25, 0.3) is 0 Å². The van der Waals surface area contributed by atoms with E-state index in [1.165, 1.54) is 5.56 Å². The van der Waals surface area contributed by atoms with E-state index < -0.39 is 0 Å². The molecule has 0 unspecified atom stereocenters. The van der Waals surface area contributed by atoms with Crippen LogP contribution in [0.1, 0.15) is 41.9 Å². The van der Waals surface area contributed by atoms with Crippen molar-refractivity contribution < 1.29 is 13.9 Å². The van der Waals surface area contributed by atoms with Gasteiger partial charge in [-0.25, -0.2) is 14.4 Å². The van der Waals surface area contributed by atoms with Crippen molar-refractivity contribution in [1.82, 2.24) is 14.9 Å². The fourth-order valence-corrected chi connectivity index (χ4v) is 4.19. The number of fused-ring (bicyclic) bond motifs is 1. The summed E-state index contributed by atoms with van der Waals surface area (Å²) in [6.07, 6.45) is 2.82. The normalized spacial score (nSPS) is 20.4. The predicted molar refractivity (Wildman–Crippen MR) is 101 cm³/mol. The number of aromatic nitrogens is 2. The van der Waals surface area contributed by atoms with Crippen molar-refractivity contribution in [1.29, 1.82) is 0 Å². The van der Waals surface area contributed by atoms with Crippen molar-refractivity contribution in [3.05, 3.63) is 46.5 Å². The third-order valence-corrected chi connectivity index (χ3v) is 5.64. The standard InChI is InChI=1S/C21H26FN3O2/c1-13-8-16(10-19(23-13)26-3)9-15-4-6-25(12-15)14(2)20-18(22)11-17-5-7-27-21(17)24-20/h8,10-11,14-15H,4-7,9,12H2,1-3H3/t14-,15+/m0/s1. The summed E-state index contributed by atoms with van der Waals surface area (Å²) in [7, 11) is 1.65. The zero-order chi connectivity index (χ0) is 19.0. The number of hydrogen-bond donors (Lipinski definition) is 0. The molecule has 144 valence electrons. The molecule has 4 rings (SSSR count). The molecule has 0 aromatic carbocycles. The fourth-order valence-electron chi connectivity index (χ4n) is 4.19. The Hall–Kier alpha value is -2.21. The van der Waals surface area contributed by atoms with Gasteiger partial charge in [-0.2, -0.15) is 0 Å². The molecule has 0 aliphatic carbocycles. The molecule has 0 spiro atoms. The van der Waals surface area contributed by atoms with Crippen LogP contribution in [0.15, 0.2) is 18.2 Å². The van der Waals surface area contributed by atoms with Crippen molar-refractivity contribution in [3.63, 3.8) is 0 Å². The summed E-state index contributed by atoms with van der Waals surface area (Å²) in [5.74, 6) is 1.59. The maximum atomic E-state index is 14.6. The third kappa shape index (κ3) is 3.76. The van der Waals surface area contributed by atoms with Gasteiger partial charge >= 0.3 is 0 Å². The molecular weight excluding hydrogens is 345 g/mol. The first-order valence-electron chi connectivity index (χ1n) is 9.61. The zero-order valence-corrected chi connectivity index (χ0v) is 16.2. The maximum absolute atomic E-state index is 14.6. The lowest BCUT2D eigenvalue weighted by molar-refractivity contribution is 0.240. The Balaban J connectivity index is 1.44. The summed E-state index contributed by atoms with van der Waals surface area (Å²) < 4.78 is 25.4. The van der Waals surface area contributed by atoms with Crippen molar-refractivity contribution >= 4 is 0 Å². The Morgan fingerprint density at radius 2 is 2.19 bits per heavy atom. The highest BCUT2D eigenvalue weighted by atomic mass is 19.1. The minimum absolute atomic E-state index is 0.0572. The van der Waals surface area contributed by atoms with Crippen LogP contribution in [0.5, 0.6) is 11.8 Å². The summed E-state index contributed by atoms with van der Waals surface area (Å²) in [5, 5.41) is 0. The Morgan fingerprint density at radius 1 is 1.33 bits per heavy atom. The number of rotatable bonds is 5. The lowest BCUT2D eigenvalue weighted by atomic mass is 9.99. The van der Waals surface area contributed by atoms with E-state index in [9.17, 15) is 4.39 Å². The Labute approximate surface area is 159 Å². The van der Waals surface area contributed by atoms with E-state index in [1.807, 2.05) is 19.9 Å². The predicted octanol–water partition coefficient (Wildman–Crippen LogP) is 3.49. The Kier molecular flexibility index (Phi) is 5.00. The Morgan fingerprint density at radius 3 is 3.00 bits per heavy atom. The van der Waals surface area contributed by atoms with Gasteiger partial charge in [0.2, 0.25) is 11.8 Å². The van der Waals surface area contributed by atoms with E-state index in [1.54, 1.807) is 13.2 Å². The number of aryl methyl sites for hydroxylation is 1. The van der Waals surface area contributed by atoms with Crippen molar-refractivity contribution in [3.8, 4) is 11.8 Å². The van der Waals surface area contributed by atoms with Gasteiger partial charge in [-0.05, 0) is 56.8 Å². The molecule has 2 aromatic rings. The van der Waals surface area contributed by atoms with E-state index in [-0.39, 0.29) is 11.9 Å². The first-order chi connectivity index (χ1) is 13.0. The van der Waals surface area contributed by atoms with Gasteiger partial charge in [-0.1, -0.05) is 0 Å². The second kappa shape index (κ2) is 7.43. The summed E-state index contributed by atoms with van der Waals surface area (Å²) in [5.41, 5.74) is 3.59. The van der Waals surface area contributed by atoms with Gasteiger partial charge in [0.15, 0.2) is 0 Å². The molecule has 27 heavy (non-hydrogen) atoms. The minimum atomic E-state index is -0.218. The molecule has 0 amide bonds. The number of likely N-dealkylation sites (tertiary alicyclic amines) is 1. The van der Waals surface area contributed by atoms with Gasteiger partial charge in [-0.3, -0.25) is 4.90 Å². The third-order valence-electron chi connectivity index (χ3n) is 5.64. The molecular formula is C21H26FN3O2. The molecule has 2 atom stereocenters. The molecule has 6 heteroatoms. The van der Waals surface area contributed by atoms with Gasteiger partial charge in [0.05, 0.1) is 25.5 Å². The summed E-state index contributed by atoms with van der Waals surface area (Å²) in [6.45, 7) is 6.50. The largest absolute Gasteiger partial charge is 0.481 e. The lowest BCUT2D eigenvalue weighted by Gasteiger charge is -2.24. The van der Waals surface area contributed by atoms with Crippen LogP contribution >= 0.6 is 0 Å². The Bertz CT molecular complexity index is 842. The molecule has 4 heterocycles. The van der Waals surface area contributed by atoms with Gasteiger partial charge in [0, 0.05) is 30.3 Å². The maximum Gasteiger partial charge on any atom is 0.217 e. The van der Waals surface area contributed by atoms with E-state index in [4.69, 9.17) is 9.47 Å². The SMILES string of the molecule is COc1cc(C[C@H]2CCN([C@@H](C)c3nc4c(cc3F)CCO4)C2)cc(C)n1. The fraction of sp³-hybridized carbons (Fsp3) is 0.524. The van der Waals surface area contributed by atoms with Crippen molar-refractivity contribution in [2.24, 2.45) is 5.92 Å². The molecule has 2 aliphatic heterocycles. The minimum Gasteiger partial charge on any atom is -0.481 e. The number of halogens is 1. The second-order valence-electron chi connectivity index (χ2n) is 7.61. The van der Waals surface area contributed by atoms with Crippen molar-refractivity contribution in [2.75, 3.05) is 26.8 Å². The number of ether oxygens (including phenoxy) is 2. The average Bonchev–Trinajstić information content (AvgIpc) is 3.28. The van der Waals surface area contributed by atoms with Crippen LogP contribution < -0.4 is 9.47 Å². The second-order valence-corrected chi connectivity index (χ2v) is 7.61. The van der Waals surface area contributed by atoms with Crippen LogP contribution in [-0.2, 0) is 12.8 Å². The molecule has 2 aliphatic rings. The highest BCUT2D eigenvalue weighted by Gasteiger charge is 2.30. The van der Waals surface area contributed by atoms with E-state index >= 15 is 0 Å². The highest BCUT2D eigenvalue weighted by Crippen LogP contribution is 2.33. The van der Waals surface area contributed by atoms with Gasteiger partial charge < -0.3 is 9.47 Å². The highest BCUT2D eigenvalue weighted by molar-refractivity contribution is 5.33. The van der Waals surface area contributed by atoms with Crippen molar-refractivity contribution in [2.45, 2.75) is 39.2 Å². The molecule has 0 radical (unpaired) electrons. The van der Waals surface area contributed by atoms with Crippen LogP contribution in [0.3, 0.4) is 0 Å². The molecule has 0 N–H and O–H groups in total. The molecule has 1 saturated heterocycles. The first-order valence-corrected chi connectivity index (χ1v) is 9.61. The number of methoxy groups -OCH3 is 1. The zero-order valence-electron chi connectivity index (χ0n) is 16.2. The smallest absolute Gasteiger partial charge is 0.217 e. The first kappa shape index (κ1) is 18.2. The van der Waals surface area contributed by atoms with E-state index in [0.717, 1.165) is 43.6 Å². The van der Waals surface area contributed by atoms with Crippen LogP contribution in [0.4, 0.5) is 4.39 Å². The molecule has 1 fully saturated rings. The summed E-state index contributed by atoms with van der Waals surface area (Å²) in [6, 6.07) is 5.67. The quantitative estimate of drug-likeness (QED) is 0.805. The van der Waals surface area contributed by atoms with E-state index in [2.05, 4.69) is 20.9 Å². The number of nitrogens with zero attached hydrogens (tertiary/aromatic N) is 3. The molecule has 0 bridgehead atoms. The molecule has 5 nitrogen and oxygen atoms in total. The van der Waals surface area contributed by atoms with Crippen LogP contribution in [0, 0.1) is 18.7 Å². The van der Waals surface area contributed by atoms with Crippen LogP contribution in [0.25, 0.3) is 0 Å². The van der Waals surface area contributed by atoms with E-state index in [0.29, 0.717) is 30.0 Å². The summed E-state index contributed by atoms with van der Waals surface area (Å²) in [4.78, 5) is 11.2. The number of hydrogen-bond acceptors (Lipinski definition) is 5. The lowest BCUT2D eigenvalue weighted by Crippen LogP contribution is -2.26. The topological polar surface area (TPSA) is 47.5 Å². The molecule has 0 saturated carbocycles. The van der Waals surface area contributed by atoms with Crippen LogP contribution in [0.2, 0.25) is 0 Å². The van der Waals surface area contributed by atoms with Gasteiger partial charge in [-0.15, -0.1) is 0 Å². The molecule has 2 aromatic heterocycles. The van der Waals surface area contributed by atoms with Crippen LogP contribution in [-0.4, -0.2) is 41.7 Å². The summed E-state index contributed by atoms with van der Waals surface area (Å²) >= 11 is 0.